The summed E-state index contributed by atoms with van der Waals surface area (Å²) in [5.74, 6) is -0.501. The van der Waals surface area contributed by atoms with Crippen LogP contribution in [0, 0.1) is 0 Å². The van der Waals surface area contributed by atoms with E-state index in [9.17, 15) is 9.59 Å². The van der Waals surface area contributed by atoms with Crippen LogP contribution in [0.15, 0.2) is 66.9 Å². The molecule has 0 fully saturated rings. The maximum atomic E-state index is 12.4. The quantitative estimate of drug-likeness (QED) is 0.359. The van der Waals surface area contributed by atoms with Crippen molar-refractivity contribution in [2.45, 2.75) is 19.3 Å². The Balaban J connectivity index is 1.45. The number of nitrogens with zero attached hydrogens (tertiary/aromatic N) is 1. The number of rotatable bonds is 7. The number of H-pyrrole nitrogens is 1. The number of carbonyl (C=O) groups is 2. The second-order valence-electron chi connectivity index (χ2n) is 7.35. The van der Waals surface area contributed by atoms with E-state index in [2.05, 4.69) is 20.0 Å². The normalized spacial score (nSPS) is 10.8. The maximum absolute atomic E-state index is 12.4. The number of hydrogen-bond donors (Lipinski definition) is 2. The molecule has 162 valence electrons. The van der Waals surface area contributed by atoms with E-state index in [0.717, 1.165) is 27.9 Å². The Kier molecular flexibility index (Phi) is 6.52. The number of benzene rings is 2. The van der Waals surface area contributed by atoms with Crippen molar-refractivity contribution in [1.29, 1.82) is 0 Å². The van der Waals surface area contributed by atoms with Crippen LogP contribution in [0.1, 0.15) is 28.8 Å². The summed E-state index contributed by atoms with van der Waals surface area (Å²) >= 11 is 6.24. The second-order valence-corrected chi connectivity index (χ2v) is 7.79. The molecule has 0 bridgehead atoms. The van der Waals surface area contributed by atoms with Crippen molar-refractivity contribution in [1.82, 2.24) is 9.97 Å². The summed E-state index contributed by atoms with van der Waals surface area (Å²) in [6.45, 7) is 0. The van der Waals surface area contributed by atoms with Gasteiger partial charge < -0.3 is 15.0 Å². The number of aromatic amines is 1. The minimum atomic E-state index is -0.412. The average Bonchev–Trinajstić information content (AvgIpc) is 3.17. The summed E-state index contributed by atoms with van der Waals surface area (Å²) in [7, 11) is 1.33. The number of aromatic nitrogens is 2. The minimum absolute atomic E-state index is 0.0897. The van der Waals surface area contributed by atoms with Gasteiger partial charge in [0.15, 0.2) is 0 Å². The lowest BCUT2D eigenvalue weighted by Crippen LogP contribution is -2.12. The molecule has 0 radical (unpaired) electrons. The van der Waals surface area contributed by atoms with Gasteiger partial charge in [0.2, 0.25) is 5.91 Å². The number of pyridine rings is 1. The fourth-order valence-electron chi connectivity index (χ4n) is 3.67. The summed E-state index contributed by atoms with van der Waals surface area (Å²) in [6.07, 6.45) is 3.47. The van der Waals surface area contributed by atoms with Crippen molar-refractivity contribution < 1.29 is 14.3 Å². The number of methoxy groups -OCH3 is 1. The lowest BCUT2D eigenvalue weighted by molar-refractivity contribution is -0.116. The van der Waals surface area contributed by atoms with Gasteiger partial charge in [-0.05, 0) is 73.0 Å². The first kappa shape index (κ1) is 21.6. The van der Waals surface area contributed by atoms with Crippen LogP contribution < -0.4 is 5.32 Å². The van der Waals surface area contributed by atoms with E-state index in [-0.39, 0.29) is 5.91 Å². The highest BCUT2D eigenvalue weighted by Crippen LogP contribution is 2.32. The first-order valence-electron chi connectivity index (χ1n) is 10.2. The van der Waals surface area contributed by atoms with Gasteiger partial charge in [0, 0.05) is 34.2 Å². The Hall–Kier alpha value is -3.64. The van der Waals surface area contributed by atoms with Crippen LogP contribution in [0.3, 0.4) is 0 Å². The van der Waals surface area contributed by atoms with Crippen molar-refractivity contribution in [3.05, 3.63) is 83.0 Å². The Morgan fingerprint density at radius 1 is 1.09 bits per heavy atom. The molecule has 2 aromatic heterocycles. The standard InChI is InChI=1S/C25H22ClN3O3/c1-32-25(31)16-8-11-18(12-9-16)28-23(30)7-4-5-19-20-15-17(26)10-13-21(20)29-24(19)22-6-2-3-14-27-22/h2-3,6,8-15,29H,4-5,7H2,1H3,(H,28,30). The van der Waals surface area contributed by atoms with Gasteiger partial charge in [-0.2, -0.15) is 0 Å². The van der Waals surface area contributed by atoms with E-state index >= 15 is 0 Å². The lowest BCUT2D eigenvalue weighted by Gasteiger charge is -2.07. The zero-order chi connectivity index (χ0) is 22.5. The van der Waals surface area contributed by atoms with Crippen molar-refractivity contribution in [3.63, 3.8) is 0 Å². The molecule has 32 heavy (non-hydrogen) atoms. The molecule has 4 rings (SSSR count). The zero-order valence-corrected chi connectivity index (χ0v) is 18.3. The van der Waals surface area contributed by atoms with Gasteiger partial charge in [-0.25, -0.2) is 4.79 Å². The monoisotopic (exact) mass is 447 g/mol. The molecule has 0 unspecified atom stereocenters. The number of anilines is 1. The highest BCUT2D eigenvalue weighted by Gasteiger charge is 2.15. The number of nitrogens with one attached hydrogen (secondary N) is 2. The molecule has 0 aliphatic heterocycles. The molecule has 0 saturated carbocycles. The van der Waals surface area contributed by atoms with Crippen LogP contribution >= 0.6 is 11.6 Å². The third-order valence-corrected chi connectivity index (χ3v) is 5.44. The second kappa shape index (κ2) is 9.66. The summed E-state index contributed by atoms with van der Waals surface area (Å²) < 4.78 is 4.68. The van der Waals surface area contributed by atoms with Gasteiger partial charge in [-0.15, -0.1) is 0 Å². The van der Waals surface area contributed by atoms with Gasteiger partial charge in [-0.1, -0.05) is 17.7 Å². The molecule has 0 atom stereocenters. The van der Waals surface area contributed by atoms with E-state index in [1.807, 2.05) is 36.4 Å². The van der Waals surface area contributed by atoms with E-state index in [1.165, 1.54) is 7.11 Å². The average molecular weight is 448 g/mol. The van der Waals surface area contributed by atoms with Crippen LogP contribution in [-0.2, 0) is 16.0 Å². The molecule has 0 aliphatic carbocycles. The number of aryl methyl sites for hydroxylation is 1. The minimum Gasteiger partial charge on any atom is -0.465 e. The van der Waals surface area contributed by atoms with Gasteiger partial charge in [0.1, 0.15) is 0 Å². The Morgan fingerprint density at radius 2 is 1.91 bits per heavy atom. The van der Waals surface area contributed by atoms with Crippen LogP contribution in [0.2, 0.25) is 5.02 Å². The molecule has 2 heterocycles. The van der Waals surface area contributed by atoms with Crippen LogP contribution in [0.25, 0.3) is 22.3 Å². The summed E-state index contributed by atoms with van der Waals surface area (Å²) in [5.41, 5.74) is 4.95. The number of hydrogen-bond acceptors (Lipinski definition) is 4. The topological polar surface area (TPSA) is 84.1 Å². The molecule has 2 aromatic carbocycles. The van der Waals surface area contributed by atoms with Gasteiger partial charge in [0.25, 0.3) is 0 Å². The molecule has 4 aromatic rings. The fourth-order valence-corrected chi connectivity index (χ4v) is 3.84. The van der Waals surface area contributed by atoms with E-state index < -0.39 is 5.97 Å². The molecular weight excluding hydrogens is 426 g/mol. The van der Waals surface area contributed by atoms with Crippen LogP contribution in [0.4, 0.5) is 5.69 Å². The third kappa shape index (κ3) is 4.81. The molecular formula is C25H22ClN3O3. The maximum Gasteiger partial charge on any atom is 0.337 e. The molecule has 7 heteroatoms. The van der Waals surface area contributed by atoms with Crippen molar-refractivity contribution in [3.8, 4) is 11.4 Å². The third-order valence-electron chi connectivity index (χ3n) is 5.21. The molecule has 6 nitrogen and oxygen atoms in total. The zero-order valence-electron chi connectivity index (χ0n) is 17.5. The number of amides is 1. The van der Waals surface area contributed by atoms with Crippen LogP contribution in [-0.4, -0.2) is 29.0 Å². The largest absolute Gasteiger partial charge is 0.465 e. The molecule has 1 amide bonds. The number of esters is 1. The van der Waals surface area contributed by atoms with Gasteiger partial charge >= 0.3 is 5.97 Å². The van der Waals surface area contributed by atoms with Crippen molar-refractivity contribution in [2.75, 3.05) is 12.4 Å². The van der Waals surface area contributed by atoms with E-state index in [0.29, 0.717) is 35.5 Å². The first-order chi connectivity index (χ1) is 15.5. The highest BCUT2D eigenvalue weighted by molar-refractivity contribution is 6.31. The number of carbonyl (C=O) groups excluding carboxylic acids is 2. The summed E-state index contributed by atoms with van der Waals surface area (Å²) in [5, 5.41) is 4.57. The van der Waals surface area contributed by atoms with E-state index in [4.69, 9.17) is 11.6 Å². The smallest absolute Gasteiger partial charge is 0.337 e. The highest BCUT2D eigenvalue weighted by atomic mass is 35.5. The fraction of sp³-hybridized carbons (Fsp3) is 0.160. The number of fused-ring (bicyclic) bond motifs is 1. The predicted octanol–water partition coefficient (Wildman–Crippen LogP) is 5.63. The summed E-state index contributed by atoms with van der Waals surface area (Å²) in [6, 6.07) is 18.2. The van der Waals surface area contributed by atoms with Crippen LogP contribution in [0.5, 0.6) is 0 Å². The number of halogens is 1. The lowest BCUT2D eigenvalue weighted by atomic mass is 10.0. The van der Waals surface area contributed by atoms with Gasteiger partial charge in [0.05, 0.1) is 24.1 Å². The molecule has 0 saturated heterocycles. The van der Waals surface area contributed by atoms with E-state index in [1.54, 1.807) is 30.5 Å². The number of ether oxygens (including phenoxy) is 1. The van der Waals surface area contributed by atoms with Crippen molar-refractivity contribution >= 4 is 40.1 Å². The Morgan fingerprint density at radius 3 is 2.62 bits per heavy atom. The predicted molar refractivity (Wildman–Crippen MR) is 126 cm³/mol. The summed E-state index contributed by atoms with van der Waals surface area (Å²) in [4.78, 5) is 31.9. The Bertz CT molecular complexity index is 1250. The Labute approximate surface area is 190 Å². The molecule has 0 aliphatic rings. The SMILES string of the molecule is COC(=O)c1ccc(NC(=O)CCCc2c(-c3ccccn3)[nH]c3ccc(Cl)cc23)cc1. The van der Waals surface area contributed by atoms with Gasteiger partial charge in [-0.3, -0.25) is 9.78 Å². The first-order valence-corrected chi connectivity index (χ1v) is 10.6. The van der Waals surface area contributed by atoms with Crippen molar-refractivity contribution in [2.24, 2.45) is 0 Å². The molecule has 0 spiro atoms. The molecule has 2 N–H and O–H groups in total.